The number of anilines is 1. The number of carbonyl (C=O) groups is 1. The summed E-state index contributed by atoms with van der Waals surface area (Å²) in [5, 5.41) is 2.47. The third-order valence-electron chi connectivity index (χ3n) is 2.62. The number of hydrogen-bond donors (Lipinski definition) is 1. The molecule has 0 aromatic heterocycles. The van der Waals surface area contributed by atoms with Crippen LogP contribution in [0.25, 0.3) is 0 Å². The van der Waals surface area contributed by atoms with Crippen molar-refractivity contribution in [1.82, 2.24) is 4.90 Å². The van der Waals surface area contributed by atoms with E-state index in [1.54, 1.807) is 0 Å². The fourth-order valence-electron chi connectivity index (χ4n) is 1.79. The van der Waals surface area contributed by atoms with Gasteiger partial charge in [0.1, 0.15) is 11.6 Å². The zero-order valence-corrected chi connectivity index (χ0v) is 9.79. The van der Waals surface area contributed by atoms with Crippen LogP contribution in [0.1, 0.15) is 0 Å². The van der Waals surface area contributed by atoms with E-state index < -0.39 is 11.6 Å². The molecule has 1 aromatic carbocycles. The van der Waals surface area contributed by atoms with Gasteiger partial charge in [-0.25, -0.2) is 8.78 Å². The quantitative estimate of drug-likeness (QED) is 0.884. The lowest BCUT2D eigenvalue weighted by Crippen LogP contribution is -2.41. The van der Waals surface area contributed by atoms with Gasteiger partial charge in [0.15, 0.2) is 0 Å². The van der Waals surface area contributed by atoms with E-state index in [-0.39, 0.29) is 18.1 Å². The van der Waals surface area contributed by atoms with Crippen molar-refractivity contribution in [3.05, 3.63) is 29.8 Å². The molecule has 2 rings (SSSR count). The van der Waals surface area contributed by atoms with Crippen molar-refractivity contribution < 1.29 is 18.3 Å². The second kappa shape index (κ2) is 5.88. The van der Waals surface area contributed by atoms with Crippen molar-refractivity contribution >= 4 is 11.6 Å². The molecule has 98 valence electrons. The van der Waals surface area contributed by atoms with Crippen LogP contribution in [-0.4, -0.2) is 43.7 Å². The summed E-state index contributed by atoms with van der Waals surface area (Å²) in [4.78, 5) is 13.6. The van der Waals surface area contributed by atoms with Gasteiger partial charge in [0.25, 0.3) is 0 Å². The molecule has 4 nitrogen and oxygen atoms in total. The normalized spacial score (nSPS) is 16.6. The van der Waals surface area contributed by atoms with Crippen LogP contribution in [0.5, 0.6) is 0 Å². The Kier molecular flexibility index (Phi) is 4.22. The maximum Gasteiger partial charge on any atom is 0.238 e. The summed E-state index contributed by atoms with van der Waals surface area (Å²) in [6, 6.07) is 2.93. The molecule has 1 aromatic rings. The molecule has 0 bridgehead atoms. The van der Waals surface area contributed by atoms with E-state index in [1.165, 1.54) is 0 Å². The van der Waals surface area contributed by atoms with Gasteiger partial charge in [0.2, 0.25) is 5.91 Å². The molecular weight excluding hydrogens is 242 g/mol. The number of nitrogens with zero attached hydrogens (tertiary/aromatic N) is 1. The Labute approximate surface area is 104 Å². The first-order valence-corrected chi connectivity index (χ1v) is 5.69. The summed E-state index contributed by atoms with van der Waals surface area (Å²) >= 11 is 0. The highest BCUT2D eigenvalue weighted by molar-refractivity contribution is 5.92. The average molecular weight is 256 g/mol. The molecule has 1 aliphatic rings. The first-order chi connectivity index (χ1) is 8.63. The monoisotopic (exact) mass is 256 g/mol. The van der Waals surface area contributed by atoms with Gasteiger partial charge >= 0.3 is 0 Å². The topological polar surface area (TPSA) is 41.6 Å². The molecule has 0 saturated carbocycles. The summed E-state index contributed by atoms with van der Waals surface area (Å²) in [6.45, 7) is 2.76. The van der Waals surface area contributed by atoms with E-state index in [0.29, 0.717) is 26.3 Å². The molecule has 1 saturated heterocycles. The minimum atomic E-state index is -0.711. The summed E-state index contributed by atoms with van der Waals surface area (Å²) in [5.41, 5.74) is 0.130. The van der Waals surface area contributed by atoms with E-state index >= 15 is 0 Å². The van der Waals surface area contributed by atoms with Crippen molar-refractivity contribution in [2.75, 3.05) is 38.2 Å². The largest absolute Gasteiger partial charge is 0.379 e. The van der Waals surface area contributed by atoms with Crippen molar-refractivity contribution in [3.63, 3.8) is 0 Å². The Balaban J connectivity index is 1.89. The van der Waals surface area contributed by atoms with Crippen LogP contribution in [0.15, 0.2) is 18.2 Å². The SMILES string of the molecule is O=C(CN1CCOCC1)Nc1cc(F)cc(F)c1. The average Bonchev–Trinajstić information content (AvgIpc) is 2.28. The lowest BCUT2D eigenvalue weighted by molar-refractivity contribution is -0.118. The molecule has 18 heavy (non-hydrogen) atoms. The van der Waals surface area contributed by atoms with Gasteiger partial charge in [-0.15, -0.1) is 0 Å². The minimum absolute atomic E-state index is 0.130. The molecule has 1 fully saturated rings. The van der Waals surface area contributed by atoms with Crippen LogP contribution in [0.3, 0.4) is 0 Å². The highest BCUT2D eigenvalue weighted by Crippen LogP contribution is 2.12. The first-order valence-electron chi connectivity index (χ1n) is 5.69. The highest BCUT2D eigenvalue weighted by atomic mass is 19.1. The molecule has 1 N–H and O–H groups in total. The maximum atomic E-state index is 12.9. The van der Waals surface area contributed by atoms with Crippen LogP contribution < -0.4 is 5.32 Å². The van der Waals surface area contributed by atoms with Gasteiger partial charge in [0.05, 0.1) is 19.8 Å². The zero-order valence-electron chi connectivity index (χ0n) is 9.79. The van der Waals surface area contributed by atoms with E-state index in [1.807, 2.05) is 4.90 Å². The summed E-state index contributed by atoms with van der Waals surface area (Å²) in [6.07, 6.45) is 0. The highest BCUT2D eigenvalue weighted by Gasteiger charge is 2.14. The predicted molar refractivity (Wildman–Crippen MR) is 62.2 cm³/mol. The molecule has 0 spiro atoms. The molecule has 0 radical (unpaired) electrons. The van der Waals surface area contributed by atoms with Crippen molar-refractivity contribution in [2.24, 2.45) is 0 Å². The van der Waals surface area contributed by atoms with Gasteiger partial charge in [-0.3, -0.25) is 9.69 Å². The maximum absolute atomic E-state index is 12.9. The van der Waals surface area contributed by atoms with E-state index in [2.05, 4.69) is 5.32 Å². The Morgan fingerprint density at radius 2 is 1.83 bits per heavy atom. The molecular formula is C12H14F2N2O2. The van der Waals surface area contributed by atoms with Gasteiger partial charge in [-0.2, -0.15) is 0 Å². The van der Waals surface area contributed by atoms with Crippen molar-refractivity contribution in [2.45, 2.75) is 0 Å². The Hall–Kier alpha value is -1.53. The first kappa shape index (κ1) is 12.9. The number of ether oxygens (including phenoxy) is 1. The summed E-state index contributed by atoms with van der Waals surface area (Å²) in [5.74, 6) is -1.71. The number of morpholine rings is 1. The Morgan fingerprint density at radius 1 is 1.22 bits per heavy atom. The number of amides is 1. The number of nitrogens with one attached hydrogen (secondary N) is 1. The van der Waals surface area contributed by atoms with Crippen molar-refractivity contribution in [3.8, 4) is 0 Å². The lowest BCUT2D eigenvalue weighted by Gasteiger charge is -2.25. The van der Waals surface area contributed by atoms with E-state index in [9.17, 15) is 13.6 Å². The molecule has 0 unspecified atom stereocenters. The number of halogens is 2. The second-order valence-corrected chi connectivity index (χ2v) is 4.09. The third kappa shape index (κ3) is 3.75. The predicted octanol–water partition coefficient (Wildman–Crippen LogP) is 1.24. The number of carbonyl (C=O) groups excluding carboxylic acids is 1. The standard InChI is InChI=1S/C12H14F2N2O2/c13-9-5-10(14)7-11(6-9)15-12(17)8-16-1-3-18-4-2-16/h5-7H,1-4,8H2,(H,15,17). The Morgan fingerprint density at radius 3 is 2.44 bits per heavy atom. The fraction of sp³-hybridized carbons (Fsp3) is 0.417. The van der Waals surface area contributed by atoms with Crippen LogP contribution in [0.4, 0.5) is 14.5 Å². The molecule has 6 heteroatoms. The van der Waals surface area contributed by atoms with E-state index in [0.717, 1.165) is 18.2 Å². The smallest absolute Gasteiger partial charge is 0.238 e. The lowest BCUT2D eigenvalue weighted by atomic mass is 10.3. The van der Waals surface area contributed by atoms with Crippen LogP contribution in [0.2, 0.25) is 0 Å². The van der Waals surface area contributed by atoms with Crippen molar-refractivity contribution in [1.29, 1.82) is 0 Å². The number of rotatable bonds is 3. The van der Waals surface area contributed by atoms with Crippen LogP contribution in [0, 0.1) is 11.6 Å². The van der Waals surface area contributed by atoms with Gasteiger partial charge < -0.3 is 10.1 Å². The van der Waals surface area contributed by atoms with Gasteiger partial charge in [-0.05, 0) is 12.1 Å². The summed E-state index contributed by atoms with van der Waals surface area (Å²) < 4.78 is 31.0. The summed E-state index contributed by atoms with van der Waals surface area (Å²) in [7, 11) is 0. The van der Waals surface area contributed by atoms with Crippen LogP contribution in [-0.2, 0) is 9.53 Å². The molecule has 0 aliphatic carbocycles. The van der Waals surface area contributed by atoms with Gasteiger partial charge in [-0.1, -0.05) is 0 Å². The molecule has 0 atom stereocenters. The zero-order chi connectivity index (χ0) is 13.0. The number of hydrogen-bond acceptors (Lipinski definition) is 3. The van der Waals surface area contributed by atoms with Crippen LogP contribution >= 0.6 is 0 Å². The molecule has 1 aliphatic heterocycles. The second-order valence-electron chi connectivity index (χ2n) is 4.09. The number of benzene rings is 1. The fourth-order valence-corrected chi connectivity index (χ4v) is 1.79. The van der Waals surface area contributed by atoms with E-state index in [4.69, 9.17) is 4.74 Å². The minimum Gasteiger partial charge on any atom is -0.379 e. The molecule has 1 amide bonds. The third-order valence-corrected chi connectivity index (χ3v) is 2.62. The Bertz CT molecular complexity index is 414. The van der Waals surface area contributed by atoms with Gasteiger partial charge in [0, 0.05) is 24.8 Å². The molecule has 1 heterocycles.